The number of amides is 2. The quantitative estimate of drug-likeness (QED) is 0.624. The van der Waals surface area contributed by atoms with Crippen LogP contribution in [0.3, 0.4) is 0 Å². The van der Waals surface area contributed by atoms with E-state index in [-0.39, 0.29) is 12.5 Å². The van der Waals surface area contributed by atoms with E-state index < -0.39 is 12.0 Å². The third-order valence-corrected chi connectivity index (χ3v) is 6.80. The van der Waals surface area contributed by atoms with Crippen molar-refractivity contribution in [2.45, 2.75) is 25.6 Å². The number of thiophene rings is 1. The first kappa shape index (κ1) is 20.5. The number of ether oxygens (including phenoxy) is 2. The van der Waals surface area contributed by atoms with E-state index in [0.29, 0.717) is 35.0 Å². The third-order valence-electron chi connectivity index (χ3n) is 5.67. The highest BCUT2D eigenvalue weighted by Gasteiger charge is 2.31. The van der Waals surface area contributed by atoms with Gasteiger partial charge in [-0.2, -0.15) is 0 Å². The molecule has 2 aromatic carbocycles. The highest BCUT2D eigenvalue weighted by molar-refractivity contribution is 7.17. The van der Waals surface area contributed by atoms with Gasteiger partial charge in [-0.05, 0) is 29.7 Å². The molecule has 0 radical (unpaired) electrons. The summed E-state index contributed by atoms with van der Waals surface area (Å²) in [5.41, 5.74) is 8.30. The van der Waals surface area contributed by atoms with Crippen LogP contribution in [0.15, 0.2) is 54.6 Å². The molecule has 2 amide bonds. The molecule has 0 unspecified atom stereocenters. The largest absolute Gasteiger partial charge is 0.485 e. The minimum absolute atomic E-state index is 0.102. The van der Waals surface area contributed by atoms with Gasteiger partial charge in [0.1, 0.15) is 11.6 Å². The SMILES string of the molecule is NC(=O)c1c(NC(=O)[C@@H]2COc3ccccc3O2)sc2c1CCN(Cc1ccccc1)C2. The first-order valence-electron chi connectivity index (χ1n) is 10.5. The van der Waals surface area contributed by atoms with E-state index in [1.807, 2.05) is 30.3 Å². The van der Waals surface area contributed by atoms with Crippen molar-refractivity contribution >= 4 is 28.2 Å². The minimum atomic E-state index is -0.806. The fourth-order valence-electron chi connectivity index (χ4n) is 4.12. The average Bonchev–Trinajstić information content (AvgIpc) is 3.16. The van der Waals surface area contributed by atoms with Crippen molar-refractivity contribution in [3.05, 3.63) is 76.2 Å². The van der Waals surface area contributed by atoms with Crippen LogP contribution in [-0.2, 0) is 24.3 Å². The maximum atomic E-state index is 12.9. The Morgan fingerprint density at radius 3 is 2.62 bits per heavy atom. The molecule has 0 saturated heterocycles. The molecule has 0 aliphatic carbocycles. The highest BCUT2D eigenvalue weighted by Crippen LogP contribution is 2.38. The predicted molar refractivity (Wildman–Crippen MR) is 122 cm³/mol. The summed E-state index contributed by atoms with van der Waals surface area (Å²) in [4.78, 5) is 28.5. The Kier molecular flexibility index (Phi) is 5.55. The second-order valence-corrected chi connectivity index (χ2v) is 8.98. The number of rotatable bonds is 5. The number of carbonyl (C=O) groups is 2. The number of anilines is 1. The molecular weight excluding hydrogens is 426 g/mol. The zero-order valence-electron chi connectivity index (χ0n) is 17.4. The van der Waals surface area contributed by atoms with Gasteiger partial charge in [0.25, 0.3) is 11.8 Å². The van der Waals surface area contributed by atoms with Crippen molar-refractivity contribution in [3.63, 3.8) is 0 Å². The fraction of sp³-hybridized carbons (Fsp3) is 0.250. The van der Waals surface area contributed by atoms with Crippen molar-refractivity contribution in [2.75, 3.05) is 18.5 Å². The van der Waals surface area contributed by atoms with E-state index in [1.54, 1.807) is 12.1 Å². The zero-order chi connectivity index (χ0) is 22.1. The van der Waals surface area contributed by atoms with Crippen LogP contribution in [0.25, 0.3) is 0 Å². The Labute approximate surface area is 189 Å². The summed E-state index contributed by atoms with van der Waals surface area (Å²) in [7, 11) is 0. The van der Waals surface area contributed by atoms with Crippen molar-refractivity contribution < 1.29 is 19.1 Å². The standard InChI is InChI=1S/C24H23N3O4S/c25-22(28)21-16-10-11-27(12-15-6-2-1-3-7-15)13-20(16)32-24(21)26-23(29)19-14-30-17-8-4-5-9-18(17)31-19/h1-9,19H,10-14H2,(H2,25,28)(H,26,29)/t19-/m0/s1. The lowest BCUT2D eigenvalue weighted by atomic mass is 10.0. The summed E-state index contributed by atoms with van der Waals surface area (Å²) < 4.78 is 11.4. The number of para-hydroxylation sites is 2. The molecule has 8 heteroatoms. The number of benzene rings is 2. The topological polar surface area (TPSA) is 93.9 Å². The summed E-state index contributed by atoms with van der Waals surface area (Å²) in [5.74, 6) is 0.248. The summed E-state index contributed by atoms with van der Waals surface area (Å²) in [6.07, 6.45) is -0.0946. The van der Waals surface area contributed by atoms with E-state index in [9.17, 15) is 9.59 Å². The summed E-state index contributed by atoms with van der Waals surface area (Å²) in [5, 5.41) is 3.35. The van der Waals surface area contributed by atoms with Crippen LogP contribution < -0.4 is 20.5 Å². The second kappa shape index (κ2) is 8.64. The van der Waals surface area contributed by atoms with Crippen LogP contribution in [0.1, 0.15) is 26.4 Å². The Morgan fingerprint density at radius 1 is 1.09 bits per heavy atom. The molecule has 0 saturated carbocycles. The number of nitrogens with two attached hydrogens (primary N) is 1. The molecule has 1 aromatic heterocycles. The molecule has 5 rings (SSSR count). The fourth-order valence-corrected chi connectivity index (χ4v) is 5.42. The maximum Gasteiger partial charge on any atom is 0.269 e. The number of nitrogens with zero attached hydrogens (tertiary/aromatic N) is 1. The number of fused-ring (bicyclic) bond motifs is 2. The molecule has 0 spiro atoms. The lowest BCUT2D eigenvalue weighted by molar-refractivity contribution is -0.125. The van der Waals surface area contributed by atoms with Crippen molar-refractivity contribution in [1.29, 1.82) is 0 Å². The van der Waals surface area contributed by atoms with E-state index >= 15 is 0 Å². The van der Waals surface area contributed by atoms with Gasteiger partial charge in [-0.25, -0.2) is 0 Å². The monoisotopic (exact) mass is 449 g/mol. The maximum absolute atomic E-state index is 12.9. The molecule has 0 bridgehead atoms. The van der Waals surface area contributed by atoms with Crippen LogP contribution in [-0.4, -0.2) is 36.0 Å². The normalized spacial score (nSPS) is 17.4. The molecule has 3 heterocycles. The van der Waals surface area contributed by atoms with Gasteiger partial charge >= 0.3 is 0 Å². The van der Waals surface area contributed by atoms with Crippen LogP contribution in [0.4, 0.5) is 5.00 Å². The van der Waals surface area contributed by atoms with Crippen molar-refractivity contribution in [2.24, 2.45) is 5.73 Å². The van der Waals surface area contributed by atoms with E-state index in [2.05, 4.69) is 22.3 Å². The number of carbonyl (C=O) groups excluding carboxylic acids is 2. The van der Waals surface area contributed by atoms with E-state index in [4.69, 9.17) is 15.2 Å². The smallest absolute Gasteiger partial charge is 0.269 e. The van der Waals surface area contributed by atoms with Gasteiger partial charge in [-0.1, -0.05) is 42.5 Å². The summed E-state index contributed by atoms with van der Waals surface area (Å²) in [6.45, 7) is 2.47. The molecule has 2 aliphatic heterocycles. The van der Waals surface area contributed by atoms with Crippen molar-refractivity contribution in [3.8, 4) is 11.5 Å². The van der Waals surface area contributed by atoms with Gasteiger partial charge in [0.05, 0.1) is 5.56 Å². The van der Waals surface area contributed by atoms with Crippen molar-refractivity contribution in [1.82, 2.24) is 4.90 Å². The molecule has 164 valence electrons. The molecule has 0 fully saturated rings. The number of hydrogen-bond acceptors (Lipinski definition) is 6. The van der Waals surface area contributed by atoms with E-state index in [0.717, 1.165) is 23.5 Å². The predicted octanol–water partition coefficient (Wildman–Crippen LogP) is 3.18. The molecule has 1 atom stereocenters. The van der Waals surface area contributed by atoms with Crippen LogP contribution in [0, 0.1) is 0 Å². The lowest BCUT2D eigenvalue weighted by Crippen LogP contribution is -2.40. The van der Waals surface area contributed by atoms with Gasteiger partial charge < -0.3 is 20.5 Å². The molecule has 32 heavy (non-hydrogen) atoms. The van der Waals surface area contributed by atoms with E-state index in [1.165, 1.54) is 16.9 Å². The van der Waals surface area contributed by atoms with Crippen LogP contribution >= 0.6 is 11.3 Å². The van der Waals surface area contributed by atoms with Crippen LogP contribution in [0.5, 0.6) is 11.5 Å². The Morgan fingerprint density at radius 2 is 1.84 bits per heavy atom. The summed E-state index contributed by atoms with van der Waals surface area (Å²) >= 11 is 1.41. The highest BCUT2D eigenvalue weighted by atomic mass is 32.1. The molecule has 7 nitrogen and oxygen atoms in total. The van der Waals surface area contributed by atoms with Gasteiger partial charge in [0, 0.05) is 24.5 Å². The van der Waals surface area contributed by atoms with Gasteiger partial charge in [-0.3, -0.25) is 14.5 Å². The molecule has 3 aromatic rings. The molecular formula is C24H23N3O4S. The van der Waals surface area contributed by atoms with Gasteiger partial charge in [0.2, 0.25) is 6.10 Å². The number of hydrogen-bond donors (Lipinski definition) is 2. The minimum Gasteiger partial charge on any atom is -0.485 e. The number of primary amides is 1. The summed E-state index contributed by atoms with van der Waals surface area (Å²) in [6, 6.07) is 17.5. The Hall–Kier alpha value is -3.36. The zero-order valence-corrected chi connectivity index (χ0v) is 18.2. The molecule has 3 N–H and O–H groups in total. The Bertz CT molecular complexity index is 1160. The Balaban J connectivity index is 1.33. The first-order chi connectivity index (χ1) is 15.6. The first-order valence-corrected chi connectivity index (χ1v) is 11.3. The average molecular weight is 450 g/mol. The second-order valence-electron chi connectivity index (χ2n) is 7.87. The molecule has 2 aliphatic rings. The lowest BCUT2D eigenvalue weighted by Gasteiger charge is -2.27. The van der Waals surface area contributed by atoms with Crippen LogP contribution in [0.2, 0.25) is 0 Å². The van der Waals surface area contributed by atoms with Gasteiger partial charge in [-0.15, -0.1) is 11.3 Å². The number of nitrogens with one attached hydrogen (secondary N) is 1. The third kappa shape index (κ3) is 4.06. The van der Waals surface area contributed by atoms with Gasteiger partial charge in [0.15, 0.2) is 11.5 Å².